The number of nitrogen functional groups attached to an aromatic ring is 1. The summed E-state index contributed by atoms with van der Waals surface area (Å²) in [5, 5.41) is 0. The van der Waals surface area contributed by atoms with E-state index in [2.05, 4.69) is 4.98 Å². The number of alkyl halides is 3. The van der Waals surface area contributed by atoms with Crippen LogP contribution >= 0.6 is 0 Å². The molecular weight excluding hydrogens is 275 g/mol. The molecule has 8 heteroatoms. The van der Waals surface area contributed by atoms with Gasteiger partial charge in [-0.1, -0.05) is 0 Å². The van der Waals surface area contributed by atoms with Crippen LogP contribution in [0.3, 0.4) is 0 Å². The Bertz CT molecular complexity index is 470. The predicted molar refractivity (Wildman–Crippen MR) is 67.5 cm³/mol. The SMILES string of the molecule is COC1CN(c2cc(C(F)(F)F)ncc2N)CC1OC. The van der Waals surface area contributed by atoms with Crippen LogP contribution in [0.25, 0.3) is 0 Å². The highest BCUT2D eigenvalue weighted by molar-refractivity contribution is 5.67. The van der Waals surface area contributed by atoms with Gasteiger partial charge in [0, 0.05) is 27.3 Å². The van der Waals surface area contributed by atoms with Crippen molar-refractivity contribution in [1.82, 2.24) is 4.98 Å². The second-order valence-corrected chi connectivity index (χ2v) is 4.58. The topological polar surface area (TPSA) is 60.6 Å². The van der Waals surface area contributed by atoms with Crippen molar-refractivity contribution in [3.05, 3.63) is 18.0 Å². The van der Waals surface area contributed by atoms with Gasteiger partial charge in [-0.2, -0.15) is 13.2 Å². The molecule has 0 spiro atoms. The minimum absolute atomic E-state index is 0.199. The van der Waals surface area contributed by atoms with Crippen molar-refractivity contribution >= 4 is 11.4 Å². The van der Waals surface area contributed by atoms with E-state index < -0.39 is 11.9 Å². The number of hydrogen-bond donors (Lipinski definition) is 1. The molecule has 20 heavy (non-hydrogen) atoms. The molecule has 0 saturated carbocycles. The number of anilines is 2. The van der Waals surface area contributed by atoms with E-state index in [1.807, 2.05) is 0 Å². The van der Waals surface area contributed by atoms with Crippen molar-refractivity contribution in [2.45, 2.75) is 18.4 Å². The van der Waals surface area contributed by atoms with Crippen molar-refractivity contribution in [3.8, 4) is 0 Å². The van der Waals surface area contributed by atoms with Crippen LogP contribution in [-0.2, 0) is 15.7 Å². The molecule has 0 amide bonds. The van der Waals surface area contributed by atoms with Crippen LogP contribution in [0.2, 0.25) is 0 Å². The number of ether oxygens (including phenoxy) is 2. The Labute approximate surface area is 114 Å². The normalized spacial score (nSPS) is 23.4. The van der Waals surface area contributed by atoms with E-state index in [1.54, 1.807) is 4.90 Å². The third-order valence-corrected chi connectivity index (χ3v) is 3.36. The molecule has 0 bridgehead atoms. The summed E-state index contributed by atoms with van der Waals surface area (Å²) in [5.74, 6) is 0. The maximum Gasteiger partial charge on any atom is 0.433 e. The molecule has 2 atom stereocenters. The maximum absolute atomic E-state index is 12.7. The average molecular weight is 291 g/mol. The van der Waals surface area contributed by atoms with Crippen LogP contribution in [0.1, 0.15) is 5.69 Å². The van der Waals surface area contributed by atoms with E-state index >= 15 is 0 Å². The molecule has 1 fully saturated rings. The Morgan fingerprint density at radius 1 is 1.25 bits per heavy atom. The van der Waals surface area contributed by atoms with Gasteiger partial charge in [-0.3, -0.25) is 0 Å². The van der Waals surface area contributed by atoms with Crippen molar-refractivity contribution in [3.63, 3.8) is 0 Å². The van der Waals surface area contributed by atoms with Crippen LogP contribution < -0.4 is 10.6 Å². The summed E-state index contributed by atoms with van der Waals surface area (Å²) in [5.41, 5.74) is 5.27. The van der Waals surface area contributed by atoms with Crippen molar-refractivity contribution in [2.24, 2.45) is 0 Å². The molecule has 2 rings (SSSR count). The molecule has 1 aliphatic heterocycles. The zero-order valence-electron chi connectivity index (χ0n) is 11.1. The van der Waals surface area contributed by atoms with E-state index in [0.717, 1.165) is 12.3 Å². The predicted octanol–water partition coefficient (Wildman–Crippen LogP) is 1.53. The molecule has 1 aromatic rings. The lowest BCUT2D eigenvalue weighted by molar-refractivity contribution is -0.141. The van der Waals surface area contributed by atoms with Crippen LogP contribution in [0.5, 0.6) is 0 Å². The Balaban J connectivity index is 2.29. The summed E-state index contributed by atoms with van der Waals surface area (Å²) in [6.45, 7) is 0.834. The molecule has 0 radical (unpaired) electrons. The number of hydrogen-bond acceptors (Lipinski definition) is 5. The van der Waals surface area contributed by atoms with Crippen molar-refractivity contribution in [2.75, 3.05) is 37.9 Å². The first-order valence-corrected chi connectivity index (χ1v) is 6.00. The summed E-state index contributed by atoms with van der Waals surface area (Å²) in [4.78, 5) is 5.04. The van der Waals surface area contributed by atoms with Gasteiger partial charge in [0.1, 0.15) is 17.9 Å². The highest BCUT2D eigenvalue weighted by Gasteiger charge is 2.37. The first kappa shape index (κ1) is 14.9. The van der Waals surface area contributed by atoms with E-state index in [1.165, 1.54) is 14.2 Å². The maximum atomic E-state index is 12.7. The number of nitrogens with two attached hydrogens (primary N) is 1. The van der Waals surface area contributed by atoms with Gasteiger partial charge in [0.15, 0.2) is 0 Å². The molecular formula is C12H16F3N3O2. The van der Waals surface area contributed by atoms with Crippen molar-refractivity contribution < 1.29 is 22.6 Å². The Morgan fingerprint density at radius 2 is 1.80 bits per heavy atom. The van der Waals surface area contributed by atoms with Gasteiger partial charge < -0.3 is 20.1 Å². The van der Waals surface area contributed by atoms with Gasteiger partial charge in [-0.15, -0.1) is 0 Å². The largest absolute Gasteiger partial charge is 0.433 e. The van der Waals surface area contributed by atoms with E-state index in [4.69, 9.17) is 15.2 Å². The summed E-state index contributed by atoms with van der Waals surface area (Å²) >= 11 is 0. The molecule has 2 unspecified atom stereocenters. The van der Waals surface area contributed by atoms with Gasteiger partial charge in [0.25, 0.3) is 0 Å². The second kappa shape index (κ2) is 5.45. The Morgan fingerprint density at radius 3 is 2.25 bits per heavy atom. The molecule has 112 valence electrons. The van der Waals surface area contributed by atoms with E-state index in [-0.39, 0.29) is 17.9 Å². The average Bonchev–Trinajstić information content (AvgIpc) is 2.80. The third-order valence-electron chi connectivity index (χ3n) is 3.36. The quantitative estimate of drug-likeness (QED) is 0.915. The molecule has 1 saturated heterocycles. The molecule has 0 aromatic carbocycles. The van der Waals surface area contributed by atoms with Crippen LogP contribution in [0.15, 0.2) is 12.3 Å². The lowest BCUT2D eigenvalue weighted by Crippen LogP contribution is -2.27. The van der Waals surface area contributed by atoms with Crippen LogP contribution in [0.4, 0.5) is 24.5 Å². The molecule has 2 heterocycles. The van der Waals surface area contributed by atoms with Gasteiger partial charge in [-0.25, -0.2) is 4.98 Å². The Hall–Kier alpha value is -1.54. The minimum Gasteiger partial charge on any atom is -0.396 e. The summed E-state index contributed by atoms with van der Waals surface area (Å²) < 4.78 is 48.6. The monoisotopic (exact) mass is 291 g/mol. The van der Waals surface area contributed by atoms with Gasteiger partial charge in [-0.05, 0) is 6.07 Å². The summed E-state index contributed by atoms with van der Waals surface area (Å²) in [7, 11) is 3.08. The van der Waals surface area contributed by atoms with Crippen LogP contribution in [-0.4, -0.2) is 44.5 Å². The van der Waals surface area contributed by atoms with Gasteiger partial charge >= 0.3 is 6.18 Å². The Kier molecular flexibility index (Phi) is 4.05. The third kappa shape index (κ3) is 2.80. The molecule has 0 aliphatic carbocycles. The number of rotatable bonds is 3. The van der Waals surface area contributed by atoms with Crippen LogP contribution in [0, 0.1) is 0 Å². The zero-order valence-corrected chi connectivity index (χ0v) is 11.1. The molecule has 5 nitrogen and oxygen atoms in total. The standard InChI is InChI=1S/C12H16F3N3O2/c1-19-9-5-18(6-10(9)20-2)8-3-11(12(13,14)15)17-4-7(8)16/h3-4,9-10H,5-6,16H2,1-2H3. The highest BCUT2D eigenvalue weighted by atomic mass is 19.4. The fourth-order valence-corrected chi connectivity index (χ4v) is 2.28. The van der Waals surface area contributed by atoms with Gasteiger partial charge in [0.2, 0.25) is 0 Å². The fourth-order valence-electron chi connectivity index (χ4n) is 2.28. The van der Waals surface area contributed by atoms with Crippen molar-refractivity contribution in [1.29, 1.82) is 0 Å². The van der Waals surface area contributed by atoms with E-state index in [9.17, 15) is 13.2 Å². The van der Waals surface area contributed by atoms with Gasteiger partial charge in [0.05, 0.1) is 17.6 Å². The summed E-state index contributed by atoms with van der Waals surface area (Å²) in [6.07, 6.45) is -3.88. The summed E-state index contributed by atoms with van der Waals surface area (Å²) in [6, 6.07) is 0.958. The molecule has 1 aliphatic rings. The number of nitrogens with zero attached hydrogens (tertiary/aromatic N) is 2. The first-order valence-electron chi connectivity index (χ1n) is 6.00. The lowest BCUT2D eigenvalue weighted by atomic mass is 10.2. The number of pyridine rings is 1. The lowest BCUT2D eigenvalue weighted by Gasteiger charge is -2.21. The first-order chi connectivity index (χ1) is 9.36. The second-order valence-electron chi connectivity index (χ2n) is 4.58. The highest BCUT2D eigenvalue weighted by Crippen LogP contribution is 2.34. The number of halogens is 3. The smallest absolute Gasteiger partial charge is 0.396 e. The molecule has 1 aromatic heterocycles. The minimum atomic E-state index is -4.50. The number of aromatic nitrogens is 1. The fraction of sp³-hybridized carbons (Fsp3) is 0.583. The zero-order chi connectivity index (χ0) is 14.9. The van der Waals surface area contributed by atoms with E-state index in [0.29, 0.717) is 18.8 Å². The molecule has 2 N–H and O–H groups in total. The number of methoxy groups -OCH3 is 2.